The zero-order chi connectivity index (χ0) is 17.2. The lowest BCUT2D eigenvalue weighted by Gasteiger charge is -2.27. The van der Waals surface area contributed by atoms with Gasteiger partial charge in [-0.15, -0.1) is 0 Å². The molecular weight excluding hydrogens is 314 g/mol. The Hall–Kier alpha value is -2.37. The number of aryl methyl sites for hydroxylation is 1. The predicted octanol–water partition coefficient (Wildman–Crippen LogP) is 2.49. The Bertz CT molecular complexity index is 777. The maximum absolute atomic E-state index is 12.7. The summed E-state index contributed by atoms with van der Waals surface area (Å²) in [4.78, 5) is 12.7. The Kier molecular flexibility index (Phi) is 4.42. The highest BCUT2D eigenvalue weighted by molar-refractivity contribution is 5.82. The van der Waals surface area contributed by atoms with Gasteiger partial charge in [-0.3, -0.25) is 4.79 Å². The molecule has 5 heteroatoms. The van der Waals surface area contributed by atoms with Crippen LogP contribution in [0.2, 0.25) is 0 Å². The van der Waals surface area contributed by atoms with E-state index >= 15 is 0 Å². The van der Waals surface area contributed by atoms with Crippen molar-refractivity contribution in [1.29, 1.82) is 0 Å². The highest BCUT2D eigenvalue weighted by Crippen LogP contribution is 2.31. The zero-order valence-corrected chi connectivity index (χ0v) is 14.0. The predicted molar refractivity (Wildman–Crippen MR) is 95.8 cm³/mol. The Morgan fingerprint density at radius 1 is 1.04 bits per heavy atom. The third kappa shape index (κ3) is 3.25. The lowest BCUT2D eigenvalue weighted by molar-refractivity contribution is -0.123. The van der Waals surface area contributed by atoms with Crippen molar-refractivity contribution >= 4 is 5.91 Å². The maximum atomic E-state index is 12.7. The molecule has 0 saturated carbocycles. The summed E-state index contributed by atoms with van der Waals surface area (Å²) in [5.74, 6) is 0.260. The van der Waals surface area contributed by atoms with Crippen molar-refractivity contribution in [3.05, 3.63) is 65.2 Å². The normalized spacial score (nSPS) is 25.4. The first-order chi connectivity index (χ1) is 12.2. The van der Waals surface area contributed by atoms with Crippen LogP contribution < -0.4 is 16.2 Å². The smallest absolute Gasteiger partial charge is 0.239 e. The molecule has 3 atom stereocenters. The van der Waals surface area contributed by atoms with E-state index in [9.17, 15) is 9.90 Å². The largest absolute Gasteiger partial charge is 0.508 e. The summed E-state index contributed by atoms with van der Waals surface area (Å²) in [5, 5.41) is 13.2. The molecule has 2 aromatic carbocycles. The Morgan fingerprint density at radius 2 is 1.80 bits per heavy atom. The van der Waals surface area contributed by atoms with E-state index < -0.39 is 0 Å². The van der Waals surface area contributed by atoms with E-state index in [2.05, 4.69) is 34.4 Å². The van der Waals surface area contributed by atoms with Gasteiger partial charge in [-0.25, -0.2) is 10.9 Å². The van der Waals surface area contributed by atoms with Crippen LogP contribution in [0, 0.1) is 0 Å². The van der Waals surface area contributed by atoms with Gasteiger partial charge in [0.1, 0.15) is 11.8 Å². The standard InChI is InChI=1S/C20H23N3O2/c24-19-11-4-3-9-15(19)17-12-18(23-22-17)20(25)21-16-10-5-7-13-6-1-2-8-14(13)16/h1-4,6,8-9,11,16-18,22-24H,5,7,10,12H2,(H,21,25)/t16-,17?,18?/m0/s1. The second-order valence-electron chi connectivity index (χ2n) is 6.84. The first-order valence-corrected chi connectivity index (χ1v) is 8.89. The lowest BCUT2D eigenvalue weighted by atomic mass is 9.87. The molecule has 4 N–H and O–H groups in total. The van der Waals surface area contributed by atoms with E-state index in [0.29, 0.717) is 6.42 Å². The highest BCUT2D eigenvalue weighted by Gasteiger charge is 2.33. The van der Waals surface area contributed by atoms with Gasteiger partial charge in [-0.2, -0.15) is 0 Å². The number of hydrogen-bond donors (Lipinski definition) is 4. The van der Waals surface area contributed by atoms with Crippen molar-refractivity contribution in [2.75, 3.05) is 0 Å². The van der Waals surface area contributed by atoms with E-state index in [4.69, 9.17) is 0 Å². The van der Waals surface area contributed by atoms with Crippen molar-refractivity contribution in [2.45, 2.75) is 43.8 Å². The molecule has 5 nitrogen and oxygen atoms in total. The molecule has 1 heterocycles. The minimum Gasteiger partial charge on any atom is -0.508 e. The fraction of sp³-hybridized carbons (Fsp3) is 0.350. The number of phenolic OH excluding ortho intramolecular Hbond substituents is 1. The van der Waals surface area contributed by atoms with Crippen molar-refractivity contribution in [1.82, 2.24) is 16.2 Å². The SMILES string of the molecule is O=C(N[C@H]1CCCc2ccccc21)C1CC(c2ccccc2O)NN1. The van der Waals surface area contributed by atoms with Crippen LogP contribution in [-0.2, 0) is 11.2 Å². The molecule has 2 unspecified atom stereocenters. The number of hydrazine groups is 1. The van der Waals surface area contributed by atoms with Gasteiger partial charge in [0, 0.05) is 5.56 Å². The third-order valence-electron chi connectivity index (χ3n) is 5.22. The number of rotatable bonds is 3. The molecule has 0 bridgehead atoms. The minimum absolute atomic E-state index is 0.00660. The van der Waals surface area contributed by atoms with Gasteiger partial charge in [0.15, 0.2) is 0 Å². The second-order valence-corrected chi connectivity index (χ2v) is 6.84. The topological polar surface area (TPSA) is 73.4 Å². The van der Waals surface area contributed by atoms with E-state index in [-0.39, 0.29) is 29.8 Å². The number of phenols is 1. The van der Waals surface area contributed by atoms with Crippen LogP contribution in [0.25, 0.3) is 0 Å². The van der Waals surface area contributed by atoms with Gasteiger partial charge in [-0.1, -0.05) is 42.5 Å². The molecule has 4 rings (SSSR count). The van der Waals surface area contributed by atoms with Gasteiger partial charge < -0.3 is 10.4 Å². The fourth-order valence-electron chi connectivity index (χ4n) is 3.89. The number of para-hydroxylation sites is 1. The van der Waals surface area contributed by atoms with Crippen LogP contribution >= 0.6 is 0 Å². The average Bonchev–Trinajstić information content (AvgIpc) is 3.12. The number of benzene rings is 2. The van der Waals surface area contributed by atoms with Crippen LogP contribution in [0.3, 0.4) is 0 Å². The summed E-state index contributed by atoms with van der Waals surface area (Å²) in [7, 11) is 0. The van der Waals surface area contributed by atoms with Gasteiger partial charge in [0.2, 0.25) is 5.91 Å². The Balaban J connectivity index is 1.42. The molecule has 1 aliphatic carbocycles. The molecule has 130 valence electrons. The summed E-state index contributed by atoms with van der Waals surface area (Å²) < 4.78 is 0. The molecule has 2 aromatic rings. The van der Waals surface area contributed by atoms with Gasteiger partial charge >= 0.3 is 0 Å². The van der Waals surface area contributed by atoms with E-state index in [1.54, 1.807) is 12.1 Å². The molecule has 25 heavy (non-hydrogen) atoms. The lowest BCUT2D eigenvalue weighted by Crippen LogP contribution is -2.44. The molecule has 1 aliphatic heterocycles. The summed E-state index contributed by atoms with van der Waals surface area (Å²) >= 11 is 0. The van der Waals surface area contributed by atoms with E-state index in [0.717, 1.165) is 24.8 Å². The molecule has 1 amide bonds. The molecule has 0 aromatic heterocycles. The number of hydrogen-bond acceptors (Lipinski definition) is 4. The number of amides is 1. The summed E-state index contributed by atoms with van der Waals surface area (Å²) in [5.41, 5.74) is 9.59. The molecule has 2 aliphatic rings. The number of aromatic hydroxyl groups is 1. The maximum Gasteiger partial charge on any atom is 0.239 e. The molecule has 0 radical (unpaired) electrons. The van der Waals surface area contributed by atoms with Crippen LogP contribution in [0.1, 0.15) is 48.0 Å². The van der Waals surface area contributed by atoms with Crippen molar-refractivity contribution in [3.8, 4) is 5.75 Å². The van der Waals surface area contributed by atoms with Gasteiger partial charge in [0.05, 0.1) is 12.1 Å². The van der Waals surface area contributed by atoms with Gasteiger partial charge in [-0.05, 0) is 42.9 Å². The first-order valence-electron chi connectivity index (χ1n) is 8.89. The number of carbonyl (C=O) groups excluding carboxylic acids is 1. The summed E-state index contributed by atoms with van der Waals surface area (Å²) in [6, 6.07) is 15.3. The Morgan fingerprint density at radius 3 is 2.64 bits per heavy atom. The number of fused-ring (bicyclic) bond motifs is 1. The number of carbonyl (C=O) groups is 1. The summed E-state index contributed by atoms with van der Waals surface area (Å²) in [6.07, 6.45) is 3.77. The summed E-state index contributed by atoms with van der Waals surface area (Å²) in [6.45, 7) is 0. The fourth-order valence-corrected chi connectivity index (χ4v) is 3.89. The average molecular weight is 337 g/mol. The highest BCUT2D eigenvalue weighted by atomic mass is 16.3. The van der Waals surface area contributed by atoms with E-state index in [1.807, 2.05) is 18.2 Å². The number of nitrogens with one attached hydrogen (secondary N) is 3. The van der Waals surface area contributed by atoms with Crippen LogP contribution in [0.15, 0.2) is 48.5 Å². The molecule has 1 saturated heterocycles. The minimum atomic E-state index is -0.307. The third-order valence-corrected chi connectivity index (χ3v) is 5.22. The first kappa shape index (κ1) is 16.1. The Labute approximate surface area is 147 Å². The van der Waals surface area contributed by atoms with Crippen LogP contribution in [0.5, 0.6) is 5.75 Å². The quantitative estimate of drug-likeness (QED) is 0.694. The van der Waals surface area contributed by atoms with Crippen LogP contribution in [-0.4, -0.2) is 17.1 Å². The van der Waals surface area contributed by atoms with Crippen LogP contribution in [0.4, 0.5) is 0 Å². The van der Waals surface area contributed by atoms with Crippen molar-refractivity contribution in [3.63, 3.8) is 0 Å². The van der Waals surface area contributed by atoms with Gasteiger partial charge in [0.25, 0.3) is 0 Å². The van der Waals surface area contributed by atoms with Crippen molar-refractivity contribution < 1.29 is 9.90 Å². The molecular formula is C20H23N3O2. The second kappa shape index (κ2) is 6.86. The van der Waals surface area contributed by atoms with Crippen molar-refractivity contribution in [2.24, 2.45) is 0 Å². The van der Waals surface area contributed by atoms with E-state index in [1.165, 1.54) is 11.1 Å². The molecule has 0 spiro atoms. The monoisotopic (exact) mass is 337 g/mol. The zero-order valence-electron chi connectivity index (χ0n) is 14.0. The molecule has 1 fully saturated rings.